The van der Waals surface area contributed by atoms with E-state index in [0.29, 0.717) is 28.4 Å². The summed E-state index contributed by atoms with van der Waals surface area (Å²) in [5, 5.41) is 0. The Balaban J connectivity index is 2.46. The average Bonchev–Trinajstić information content (AvgIpc) is 2.52. The first-order chi connectivity index (χ1) is 10.1. The van der Waals surface area contributed by atoms with E-state index in [9.17, 15) is 4.79 Å². The Hall–Kier alpha value is -2.49. The molecule has 2 rings (SSSR count). The number of ether oxygens (including phenoxy) is 3. The van der Waals surface area contributed by atoms with Gasteiger partial charge in [-0.1, -0.05) is 0 Å². The fourth-order valence-corrected chi connectivity index (χ4v) is 2.10. The molecule has 0 amide bonds. The molecule has 0 bridgehead atoms. The van der Waals surface area contributed by atoms with Gasteiger partial charge in [-0.05, 0) is 42.8 Å². The summed E-state index contributed by atoms with van der Waals surface area (Å²) in [6, 6.07) is 10.5. The van der Waals surface area contributed by atoms with E-state index in [4.69, 9.17) is 14.2 Å². The van der Waals surface area contributed by atoms with Gasteiger partial charge in [-0.25, -0.2) is 0 Å². The van der Waals surface area contributed by atoms with Crippen LogP contribution in [0, 0.1) is 6.92 Å². The second-order valence-corrected chi connectivity index (χ2v) is 4.67. The highest BCUT2D eigenvalue weighted by Crippen LogP contribution is 2.25. The van der Waals surface area contributed by atoms with Crippen LogP contribution >= 0.6 is 0 Å². The lowest BCUT2D eigenvalue weighted by atomic mass is 10.0. The second-order valence-electron chi connectivity index (χ2n) is 4.67. The van der Waals surface area contributed by atoms with Gasteiger partial charge in [0.2, 0.25) is 0 Å². The van der Waals surface area contributed by atoms with E-state index in [2.05, 4.69) is 0 Å². The predicted molar refractivity (Wildman–Crippen MR) is 80.7 cm³/mol. The lowest BCUT2D eigenvalue weighted by molar-refractivity contribution is 0.103. The molecule has 4 heteroatoms. The maximum absolute atomic E-state index is 12.6. The van der Waals surface area contributed by atoms with Crippen molar-refractivity contribution in [2.75, 3.05) is 21.3 Å². The molecule has 0 atom stereocenters. The van der Waals surface area contributed by atoms with Crippen molar-refractivity contribution in [2.45, 2.75) is 6.92 Å². The smallest absolute Gasteiger partial charge is 0.193 e. The molecule has 21 heavy (non-hydrogen) atoms. The van der Waals surface area contributed by atoms with Crippen LogP contribution < -0.4 is 14.2 Å². The number of ketones is 1. The third-order valence-corrected chi connectivity index (χ3v) is 3.16. The van der Waals surface area contributed by atoms with Crippen molar-refractivity contribution in [3.63, 3.8) is 0 Å². The van der Waals surface area contributed by atoms with Crippen LogP contribution in [0.5, 0.6) is 17.2 Å². The van der Waals surface area contributed by atoms with E-state index < -0.39 is 0 Å². The summed E-state index contributed by atoms with van der Waals surface area (Å²) < 4.78 is 15.6. The molecule has 0 aliphatic rings. The van der Waals surface area contributed by atoms with Gasteiger partial charge in [0.05, 0.1) is 21.3 Å². The lowest BCUT2D eigenvalue weighted by Crippen LogP contribution is -2.03. The monoisotopic (exact) mass is 286 g/mol. The number of carbonyl (C=O) groups is 1. The molecule has 0 saturated heterocycles. The molecule has 0 aromatic heterocycles. The minimum Gasteiger partial charge on any atom is -0.497 e. The summed E-state index contributed by atoms with van der Waals surface area (Å²) >= 11 is 0. The largest absolute Gasteiger partial charge is 0.497 e. The first-order valence-corrected chi connectivity index (χ1v) is 6.51. The highest BCUT2D eigenvalue weighted by atomic mass is 16.5. The summed E-state index contributed by atoms with van der Waals surface area (Å²) in [6.07, 6.45) is 0. The van der Waals surface area contributed by atoms with Crippen LogP contribution in [0.4, 0.5) is 0 Å². The van der Waals surface area contributed by atoms with E-state index in [-0.39, 0.29) is 5.78 Å². The zero-order chi connectivity index (χ0) is 15.4. The van der Waals surface area contributed by atoms with Gasteiger partial charge in [-0.15, -0.1) is 0 Å². The maximum Gasteiger partial charge on any atom is 0.193 e. The number of benzene rings is 2. The molecule has 0 N–H and O–H groups in total. The van der Waals surface area contributed by atoms with Crippen LogP contribution in [0.2, 0.25) is 0 Å². The summed E-state index contributed by atoms with van der Waals surface area (Å²) in [6.45, 7) is 1.92. The van der Waals surface area contributed by atoms with Gasteiger partial charge in [0.15, 0.2) is 5.78 Å². The van der Waals surface area contributed by atoms with Crippen molar-refractivity contribution >= 4 is 5.78 Å². The van der Waals surface area contributed by atoms with Crippen molar-refractivity contribution < 1.29 is 19.0 Å². The van der Waals surface area contributed by atoms with Crippen molar-refractivity contribution in [2.24, 2.45) is 0 Å². The summed E-state index contributed by atoms with van der Waals surface area (Å²) in [5.41, 5.74) is 2.05. The Morgan fingerprint density at radius 3 is 1.62 bits per heavy atom. The van der Waals surface area contributed by atoms with E-state index in [1.165, 1.54) is 0 Å². The molecule has 0 aliphatic heterocycles. The number of methoxy groups -OCH3 is 3. The van der Waals surface area contributed by atoms with Gasteiger partial charge in [0, 0.05) is 17.2 Å². The molecular weight excluding hydrogens is 268 g/mol. The third-order valence-electron chi connectivity index (χ3n) is 3.16. The van der Waals surface area contributed by atoms with Crippen LogP contribution in [0.1, 0.15) is 21.5 Å². The lowest BCUT2D eigenvalue weighted by Gasteiger charge is -2.09. The standard InChI is InChI=1S/C17H18O4/c1-11-5-12(7-14(6-11)19-2)17(18)13-8-15(20-3)10-16(9-13)21-4/h5-10H,1-4H3. The van der Waals surface area contributed by atoms with Crippen molar-refractivity contribution in [1.82, 2.24) is 0 Å². The van der Waals surface area contributed by atoms with Crippen LogP contribution in [-0.2, 0) is 0 Å². The fraction of sp³-hybridized carbons (Fsp3) is 0.235. The maximum atomic E-state index is 12.6. The number of rotatable bonds is 5. The fourth-order valence-electron chi connectivity index (χ4n) is 2.10. The Kier molecular flexibility index (Phi) is 4.48. The van der Waals surface area contributed by atoms with E-state index in [1.807, 2.05) is 19.1 Å². The second kappa shape index (κ2) is 6.31. The van der Waals surface area contributed by atoms with Crippen molar-refractivity contribution in [3.8, 4) is 17.2 Å². The van der Waals surface area contributed by atoms with Gasteiger partial charge in [-0.2, -0.15) is 0 Å². The molecular formula is C17H18O4. The van der Waals surface area contributed by atoms with Gasteiger partial charge in [0.1, 0.15) is 17.2 Å². The van der Waals surface area contributed by atoms with Crippen LogP contribution in [-0.4, -0.2) is 27.1 Å². The zero-order valence-corrected chi connectivity index (χ0v) is 12.6. The molecule has 0 unspecified atom stereocenters. The topological polar surface area (TPSA) is 44.8 Å². The van der Waals surface area contributed by atoms with Gasteiger partial charge in [-0.3, -0.25) is 4.79 Å². The molecule has 2 aromatic carbocycles. The minimum absolute atomic E-state index is 0.103. The van der Waals surface area contributed by atoms with Crippen molar-refractivity contribution in [3.05, 3.63) is 53.1 Å². The normalized spacial score (nSPS) is 10.1. The first kappa shape index (κ1) is 14.9. The van der Waals surface area contributed by atoms with Crippen molar-refractivity contribution in [1.29, 1.82) is 0 Å². The Morgan fingerprint density at radius 1 is 0.714 bits per heavy atom. The summed E-state index contributed by atoms with van der Waals surface area (Å²) in [4.78, 5) is 12.6. The van der Waals surface area contributed by atoms with E-state index in [0.717, 1.165) is 5.56 Å². The molecule has 0 fully saturated rings. The summed E-state index contributed by atoms with van der Waals surface area (Å²) in [5.74, 6) is 1.72. The van der Waals surface area contributed by atoms with Crippen LogP contribution in [0.25, 0.3) is 0 Å². The number of hydrogen-bond acceptors (Lipinski definition) is 4. The molecule has 110 valence electrons. The van der Waals surface area contributed by atoms with E-state index >= 15 is 0 Å². The minimum atomic E-state index is -0.103. The Bertz CT molecular complexity index is 640. The highest BCUT2D eigenvalue weighted by molar-refractivity contribution is 6.09. The van der Waals surface area contributed by atoms with Gasteiger partial charge in [0.25, 0.3) is 0 Å². The average molecular weight is 286 g/mol. The molecule has 2 aromatic rings. The number of hydrogen-bond donors (Lipinski definition) is 0. The Morgan fingerprint density at radius 2 is 1.14 bits per heavy atom. The zero-order valence-electron chi connectivity index (χ0n) is 12.6. The molecule has 0 spiro atoms. The molecule has 0 aliphatic carbocycles. The SMILES string of the molecule is COc1cc(C)cc(C(=O)c2cc(OC)cc(OC)c2)c1. The van der Waals surface area contributed by atoms with Crippen LogP contribution in [0.15, 0.2) is 36.4 Å². The van der Waals surface area contributed by atoms with E-state index in [1.54, 1.807) is 45.6 Å². The first-order valence-electron chi connectivity index (χ1n) is 6.51. The molecule has 0 saturated carbocycles. The molecule has 0 radical (unpaired) electrons. The number of carbonyl (C=O) groups excluding carboxylic acids is 1. The van der Waals surface area contributed by atoms with Gasteiger partial charge >= 0.3 is 0 Å². The number of aryl methyl sites for hydroxylation is 1. The molecule has 0 heterocycles. The van der Waals surface area contributed by atoms with Gasteiger partial charge < -0.3 is 14.2 Å². The highest BCUT2D eigenvalue weighted by Gasteiger charge is 2.13. The molecule has 4 nitrogen and oxygen atoms in total. The Labute approximate surface area is 124 Å². The van der Waals surface area contributed by atoms with Crippen LogP contribution in [0.3, 0.4) is 0 Å². The summed E-state index contributed by atoms with van der Waals surface area (Å²) in [7, 11) is 4.69. The quantitative estimate of drug-likeness (QED) is 0.791. The third kappa shape index (κ3) is 3.34. The predicted octanol–water partition coefficient (Wildman–Crippen LogP) is 3.25.